The van der Waals surface area contributed by atoms with Crippen molar-refractivity contribution in [1.82, 2.24) is 9.47 Å². The van der Waals surface area contributed by atoms with Gasteiger partial charge in [0.1, 0.15) is 0 Å². The number of hydrogen-bond donors (Lipinski definition) is 0. The maximum atomic E-state index is 12.7. The average Bonchev–Trinajstić information content (AvgIpc) is 3.34. The molecule has 32 heavy (non-hydrogen) atoms. The normalized spacial score (nSPS) is 16.2. The maximum absolute atomic E-state index is 12.7. The summed E-state index contributed by atoms with van der Waals surface area (Å²) in [7, 11) is 0. The Kier molecular flexibility index (Phi) is 5.81. The second-order valence-corrected chi connectivity index (χ2v) is 9.03. The summed E-state index contributed by atoms with van der Waals surface area (Å²) in [5.41, 5.74) is 6.48. The molecular formula is C29H30N2O. The van der Waals surface area contributed by atoms with Crippen molar-refractivity contribution in [1.29, 1.82) is 0 Å². The van der Waals surface area contributed by atoms with Crippen LogP contribution in [0.2, 0.25) is 0 Å². The number of aromatic nitrogens is 1. The van der Waals surface area contributed by atoms with E-state index in [0.717, 1.165) is 25.9 Å². The smallest absolute Gasteiger partial charge is 0.223 e. The summed E-state index contributed by atoms with van der Waals surface area (Å²) in [5, 5.41) is 1.32. The van der Waals surface area contributed by atoms with Crippen molar-refractivity contribution >= 4 is 16.8 Å². The van der Waals surface area contributed by atoms with Gasteiger partial charge in [-0.1, -0.05) is 72.8 Å². The van der Waals surface area contributed by atoms with E-state index in [9.17, 15) is 4.79 Å². The molecule has 0 N–H and O–H groups in total. The molecule has 5 rings (SSSR count). The van der Waals surface area contributed by atoms with Gasteiger partial charge in [0.2, 0.25) is 5.91 Å². The highest BCUT2D eigenvalue weighted by Gasteiger charge is 2.30. The lowest BCUT2D eigenvalue weighted by Crippen LogP contribution is -2.24. The Bertz CT molecular complexity index is 1210. The van der Waals surface area contributed by atoms with Gasteiger partial charge >= 0.3 is 0 Å². The van der Waals surface area contributed by atoms with Crippen LogP contribution >= 0.6 is 0 Å². The van der Waals surface area contributed by atoms with Crippen molar-refractivity contribution in [3.63, 3.8) is 0 Å². The number of benzene rings is 3. The molecule has 3 heteroatoms. The van der Waals surface area contributed by atoms with Gasteiger partial charge in [0.05, 0.1) is 0 Å². The van der Waals surface area contributed by atoms with Crippen molar-refractivity contribution in [3.05, 3.63) is 107 Å². The second-order valence-electron chi connectivity index (χ2n) is 9.03. The molecule has 1 unspecified atom stereocenters. The van der Waals surface area contributed by atoms with Crippen molar-refractivity contribution < 1.29 is 4.79 Å². The number of carbonyl (C=O) groups is 1. The van der Waals surface area contributed by atoms with Gasteiger partial charge in [-0.05, 0) is 48.1 Å². The van der Waals surface area contributed by atoms with Gasteiger partial charge in [0.15, 0.2) is 0 Å². The summed E-state index contributed by atoms with van der Waals surface area (Å²) >= 11 is 0. The van der Waals surface area contributed by atoms with Gasteiger partial charge in [-0.25, -0.2) is 0 Å². The van der Waals surface area contributed by atoms with Crippen LogP contribution in [-0.2, 0) is 24.3 Å². The number of carbonyl (C=O) groups excluding carboxylic acids is 1. The molecule has 2 heterocycles. The second kappa shape index (κ2) is 9.04. The van der Waals surface area contributed by atoms with Crippen molar-refractivity contribution in [2.45, 2.75) is 45.2 Å². The van der Waals surface area contributed by atoms with E-state index < -0.39 is 0 Å². The van der Waals surface area contributed by atoms with Crippen LogP contribution in [0.1, 0.15) is 41.0 Å². The van der Waals surface area contributed by atoms with E-state index in [1.54, 1.807) is 0 Å². The third-order valence-corrected chi connectivity index (χ3v) is 6.72. The summed E-state index contributed by atoms with van der Waals surface area (Å²) < 4.78 is 2.40. The molecule has 3 nitrogen and oxygen atoms in total. The van der Waals surface area contributed by atoms with E-state index in [1.807, 2.05) is 23.1 Å². The van der Waals surface area contributed by atoms with Crippen molar-refractivity contribution in [2.24, 2.45) is 0 Å². The highest BCUT2D eigenvalue weighted by Crippen LogP contribution is 2.32. The van der Waals surface area contributed by atoms with E-state index in [2.05, 4.69) is 78.4 Å². The minimum Gasteiger partial charge on any atom is -0.347 e. The third-order valence-electron chi connectivity index (χ3n) is 6.72. The van der Waals surface area contributed by atoms with E-state index in [0.29, 0.717) is 13.0 Å². The molecule has 162 valence electrons. The lowest BCUT2D eigenvalue weighted by molar-refractivity contribution is -0.128. The predicted molar refractivity (Wildman–Crippen MR) is 131 cm³/mol. The first-order chi connectivity index (χ1) is 15.7. The molecule has 1 amide bonds. The summed E-state index contributed by atoms with van der Waals surface area (Å²) in [6.45, 7) is 4.70. The molecule has 1 aliphatic heterocycles. The number of rotatable bonds is 7. The minimum absolute atomic E-state index is 0.258. The molecule has 0 saturated carbocycles. The first kappa shape index (κ1) is 20.6. The van der Waals surface area contributed by atoms with Gasteiger partial charge in [-0.15, -0.1) is 0 Å². The molecule has 1 fully saturated rings. The Hall–Kier alpha value is -3.33. The molecule has 3 aromatic carbocycles. The van der Waals surface area contributed by atoms with Crippen LogP contribution in [0.25, 0.3) is 10.9 Å². The van der Waals surface area contributed by atoms with Crippen LogP contribution < -0.4 is 0 Å². The number of likely N-dealkylation sites (tertiary alicyclic amines) is 1. The van der Waals surface area contributed by atoms with Crippen molar-refractivity contribution in [2.75, 3.05) is 6.54 Å². The van der Waals surface area contributed by atoms with Gasteiger partial charge in [-0.2, -0.15) is 0 Å². The van der Waals surface area contributed by atoms with Crippen molar-refractivity contribution in [3.8, 4) is 0 Å². The first-order valence-corrected chi connectivity index (χ1v) is 11.6. The molecule has 0 bridgehead atoms. The first-order valence-electron chi connectivity index (χ1n) is 11.6. The quantitative estimate of drug-likeness (QED) is 0.353. The molecule has 1 aromatic heterocycles. The molecule has 0 spiro atoms. The number of fused-ring (bicyclic) bond motifs is 1. The number of hydrogen-bond acceptors (Lipinski definition) is 1. The van der Waals surface area contributed by atoms with Gasteiger partial charge in [0, 0.05) is 49.1 Å². The Balaban J connectivity index is 1.31. The van der Waals surface area contributed by atoms with Crippen LogP contribution in [-0.4, -0.2) is 21.9 Å². The number of aryl methyl sites for hydroxylation is 3. The Morgan fingerprint density at radius 2 is 1.62 bits per heavy atom. The van der Waals surface area contributed by atoms with E-state index in [4.69, 9.17) is 0 Å². The molecule has 1 aliphatic rings. The summed E-state index contributed by atoms with van der Waals surface area (Å²) in [4.78, 5) is 14.7. The van der Waals surface area contributed by atoms with Gasteiger partial charge in [-0.3, -0.25) is 4.79 Å². The number of nitrogens with zero attached hydrogens (tertiary/aromatic N) is 2. The largest absolute Gasteiger partial charge is 0.347 e. The molecule has 0 aliphatic carbocycles. The molecule has 4 aromatic rings. The third kappa shape index (κ3) is 4.34. The van der Waals surface area contributed by atoms with Crippen LogP contribution in [0.4, 0.5) is 0 Å². The maximum Gasteiger partial charge on any atom is 0.223 e. The van der Waals surface area contributed by atoms with E-state index in [1.165, 1.54) is 33.2 Å². The van der Waals surface area contributed by atoms with Gasteiger partial charge < -0.3 is 9.47 Å². The molecule has 0 radical (unpaired) electrons. The summed E-state index contributed by atoms with van der Waals surface area (Å²) in [6, 6.07) is 27.8. The molecule has 1 atom stereocenters. The highest BCUT2D eigenvalue weighted by atomic mass is 16.2. The topological polar surface area (TPSA) is 25.2 Å². The van der Waals surface area contributed by atoms with Crippen LogP contribution in [0.3, 0.4) is 0 Å². The van der Waals surface area contributed by atoms with E-state index >= 15 is 0 Å². The standard InChI is InChI=1S/C29H30N2O/c1-22-19-30(16-8-13-23-9-4-2-5-10-23)28-17-25(14-15-27(22)28)26-18-29(32)31(21-26)20-24-11-6-3-7-12-24/h2-7,9-12,14-15,17,19,26H,8,13,16,18,20-21H2,1H3. The van der Waals surface area contributed by atoms with Crippen LogP contribution in [0.5, 0.6) is 0 Å². The van der Waals surface area contributed by atoms with Crippen LogP contribution in [0.15, 0.2) is 85.1 Å². The molecular weight excluding hydrogens is 392 g/mol. The zero-order valence-electron chi connectivity index (χ0n) is 18.7. The SMILES string of the molecule is Cc1cn(CCCc2ccccc2)c2cc(C3CC(=O)N(Cc4ccccc4)C3)ccc12. The average molecular weight is 423 g/mol. The number of amides is 1. The Labute approximate surface area is 190 Å². The highest BCUT2D eigenvalue weighted by molar-refractivity contribution is 5.85. The monoisotopic (exact) mass is 422 g/mol. The summed E-state index contributed by atoms with van der Waals surface area (Å²) in [5.74, 6) is 0.525. The fraction of sp³-hybridized carbons (Fsp3) is 0.276. The summed E-state index contributed by atoms with van der Waals surface area (Å²) in [6.07, 6.45) is 5.09. The zero-order chi connectivity index (χ0) is 21.9. The predicted octanol–water partition coefficient (Wildman–Crippen LogP) is 6.10. The molecule has 1 saturated heterocycles. The minimum atomic E-state index is 0.258. The Morgan fingerprint density at radius 1 is 0.906 bits per heavy atom. The fourth-order valence-corrected chi connectivity index (χ4v) is 4.98. The lowest BCUT2D eigenvalue weighted by atomic mass is 9.97. The zero-order valence-corrected chi connectivity index (χ0v) is 18.7. The van der Waals surface area contributed by atoms with Crippen LogP contribution in [0, 0.1) is 6.92 Å². The van der Waals surface area contributed by atoms with Gasteiger partial charge in [0.25, 0.3) is 0 Å². The lowest BCUT2D eigenvalue weighted by Gasteiger charge is -2.17. The fourth-order valence-electron chi connectivity index (χ4n) is 4.98. The van der Waals surface area contributed by atoms with E-state index in [-0.39, 0.29) is 11.8 Å². The Morgan fingerprint density at radius 3 is 2.38 bits per heavy atom.